The number of alkyl halides is 1. The highest BCUT2D eigenvalue weighted by Gasteiger charge is 2.04. The average Bonchev–Trinajstić information content (AvgIpc) is 2.80. The minimum atomic E-state index is -0.227. The summed E-state index contributed by atoms with van der Waals surface area (Å²) in [5.74, 6) is 0.751. The van der Waals surface area contributed by atoms with Crippen molar-refractivity contribution in [2.45, 2.75) is 12.8 Å². The predicted octanol–water partition coefficient (Wildman–Crippen LogP) is 2.64. The highest BCUT2D eigenvalue weighted by molar-refractivity contribution is 6.17. The number of halogens is 2. The van der Waals surface area contributed by atoms with Gasteiger partial charge >= 0.3 is 6.01 Å². The molecule has 4 nitrogen and oxygen atoms in total. The van der Waals surface area contributed by atoms with Crippen molar-refractivity contribution in [2.75, 3.05) is 17.7 Å². The lowest BCUT2D eigenvalue weighted by Crippen LogP contribution is -2.05. The Morgan fingerprint density at radius 2 is 1.94 bits per heavy atom. The average molecular weight is 270 g/mol. The van der Waals surface area contributed by atoms with Crippen molar-refractivity contribution in [3.05, 3.63) is 41.5 Å². The first kappa shape index (κ1) is 12.8. The number of benzene rings is 1. The Balaban J connectivity index is 1.79. The molecular weight excluding hydrogens is 257 g/mol. The fourth-order valence-corrected chi connectivity index (χ4v) is 1.63. The van der Waals surface area contributed by atoms with Crippen LogP contribution in [0.25, 0.3) is 0 Å². The molecule has 0 unspecified atom stereocenters. The van der Waals surface area contributed by atoms with Crippen molar-refractivity contribution in [3.63, 3.8) is 0 Å². The molecule has 1 heterocycles. The molecular formula is C12H13ClFN3O. The zero-order valence-electron chi connectivity index (χ0n) is 9.70. The van der Waals surface area contributed by atoms with Gasteiger partial charge in [-0.1, -0.05) is 17.2 Å². The third-order valence-electron chi connectivity index (χ3n) is 2.38. The minimum absolute atomic E-state index is 0.227. The van der Waals surface area contributed by atoms with E-state index in [1.165, 1.54) is 12.1 Å². The lowest BCUT2D eigenvalue weighted by molar-refractivity contribution is 0.512. The lowest BCUT2D eigenvalue weighted by atomic mass is 10.1. The van der Waals surface area contributed by atoms with Crippen LogP contribution in [0.2, 0.25) is 0 Å². The number of hydrogen-bond acceptors (Lipinski definition) is 4. The summed E-state index contributed by atoms with van der Waals surface area (Å²) in [4.78, 5) is 0. The van der Waals surface area contributed by atoms with Crippen LogP contribution >= 0.6 is 11.6 Å². The fraction of sp³-hybridized carbons (Fsp3) is 0.333. The molecule has 0 aliphatic carbocycles. The van der Waals surface area contributed by atoms with Gasteiger partial charge in [0.1, 0.15) is 5.82 Å². The maximum absolute atomic E-state index is 12.7. The maximum atomic E-state index is 12.7. The summed E-state index contributed by atoms with van der Waals surface area (Å²) < 4.78 is 18.0. The monoisotopic (exact) mass is 269 g/mol. The number of aromatic nitrogens is 2. The van der Waals surface area contributed by atoms with E-state index in [0.29, 0.717) is 30.8 Å². The summed E-state index contributed by atoms with van der Waals surface area (Å²) in [6, 6.07) is 6.78. The molecule has 18 heavy (non-hydrogen) atoms. The Bertz CT molecular complexity index is 486. The molecule has 0 radical (unpaired) electrons. The van der Waals surface area contributed by atoms with Crippen LogP contribution in [0.5, 0.6) is 0 Å². The van der Waals surface area contributed by atoms with Gasteiger partial charge in [-0.15, -0.1) is 16.7 Å². The molecule has 0 saturated carbocycles. The largest absolute Gasteiger partial charge is 0.408 e. The Morgan fingerprint density at radius 1 is 1.17 bits per heavy atom. The van der Waals surface area contributed by atoms with Crippen molar-refractivity contribution >= 4 is 17.6 Å². The Morgan fingerprint density at radius 3 is 2.67 bits per heavy atom. The van der Waals surface area contributed by atoms with Crippen LogP contribution < -0.4 is 5.32 Å². The first-order chi connectivity index (χ1) is 8.78. The van der Waals surface area contributed by atoms with E-state index in [2.05, 4.69) is 15.5 Å². The van der Waals surface area contributed by atoms with Gasteiger partial charge in [0, 0.05) is 18.8 Å². The number of aryl methyl sites for hydroxylation is 1. The molecule has 0 aliphatic heterocycles. The highest BCUT2D eigenvalue weighted by Crippen LogP contribution is 2.08. The van der Waals surface area contributed by atoms with Crippen LogP contribution in [0.15, 0.2) is 28.7 Å². The second-order valence-electron chi connectivity index (χ2n) is 3.74. The number of nitrogens with one attached hydrogen (secondary N) is 1. The van der Waals surface area contributed by atoms with E-state index in [1.807, 2.05) is 0 Å². The first-order valence-electron chi connectivity index (χ1n) is 5.64. The summed E-state index contributed by atoms with van der Waals surface area (Å²) in [6.45, 7) is 0.647. The first-order valence-corrected chi connectivity index (χ1v) is 6.18. The molecule has 0 spiro atoms. The van der Waals surface area contributed by atoms with Gasteiger partial charge < -0.3 is 9.73 Å². The number of anilines is 1. The fourth-order valence-electron chi connectivity index (χ4n) is 1.47. The van der Waals surface area contributed by atoms with Gasteiger partial charge in [0.05, 0.1) is 0 Å². The van der Waals surface area contributed by atoms with Crippen molar-refractivity contribution in [2.24, 2.45) is 0 Å². The van der Waals surface area contributed by atoms with Gasteiger partial charge in [0.15, 0.2) is 0 Å². The van der Waals surface area contributed by atoms with E-state index in [9.17, 15) is 4.39 Å². The maximum Gasteiger partial charge on any atom is 0.315 e. The van der Waals surface area contributed by atoms with E-state index in [-0.39, 0.29) is 5.82 Å². The van der Waals surface area contributed by atoms with Crippen molar-refractivity contribution in [1.29, 1.82) is 0 Å². The molecule has 0 amide bonds. The SMILES string of the molecule is Fc1ccc(CCNc2nnc(CCCl)o2)cc1. The number of rotatable bonds is 6. The molecule has 0 saturated heterocycles. The van der Waals surface area contributed by atoms with E-state index >= 15 is 0 Å². The van der Waals surface area contributed by atoms with Crippen LogP contribution in [0.3, 0.4) is 0 Å². The number of nitrogens with zero attached hydrogens (tertiary/aromatic N) is 2. The topological polar surface area (TPSA) is 51.0 Å². The zero-order valence-corrected chi connectivity index (χ0v) is 10.5. The van der Waals surface area contributed by atoms with E-state index < -0.39 is 0 Å². The van der Waals surface area contributed by atoms with Crippen LogP contribution in [0.1, 0.15) is 11.5 Å². The third-order valence-corrected chi connectivity index (χ3v) is 2.57. The van der Waals surface area contributed by atoms with Gasteiger partial charge in [-0.25, -0.2) is 4.39 Å². The van der Waals surface area contributed by atoms with Crippen LogP contribution in [0, 0.1) is 5.82 Å². The quantitative estimate of drug-likeness (QED) is 0.819. The van der Waals surface area contributed by atoms with Crippen molar-refractivity contribution in [1.82, 2.24) is 10.2 Å². The van der Waals surface area contributed by atoms with Crippen molar-refractivity contribution in [3.8, 4) is 0 Å². The second-order valence-corrected chi connectivity index (χ2v) is 4.12. The normalized spacial score (nSPS) is 10.6. The van der Waals surface area contributed by atoms with Crippen molar-refractivity contribution < 1.29 is 8.81 Å². The molecule has 0 bridgehead atoms. The molecule has 1 aromatic carbocycles. The Kier molecular flexibility index (Phi) is 4.52. The van der Waals surface area contributed by atoms with Crippen LogP contribution in [-0.4, -0.2) is 22.6 Å². The van der Waals surface area contributed by atoms with Gasteiger partial charge in [-0.2, -0.15) is 0 Å². The summed E-state index contributed by atoms with van der Waals surface area (Å²) >= 11 is 5.56. The molecule has 0 aliphatic rings. The standard InChI is InChI=1S/C12H13ClFN3O/c13-7-5-11-16-17-12(18-11)15-8-6-9-1-3-10(14)4-2-9/h1-4H,5-8H2,(H,15,17). The Labute approximate surface area is 109 Å². The van der Waals surface area contributed by atoms with E-state index in [1.54, 1.807) is 12.1 Å². The lowest BCUT2D eigenvalue weighted by Gasteiger charge is -2.01. The highest BCUT2D eigenvalue weighted by atomic mass is 35.5. The van der Waals surface area contributed by atoms with E-state index in [0.717, 1.165) is 12.0 Å². The summed E-state index contributed by atoms with van der Waals surface area (Å²) in [6.07, 6.45) is 1.32. The van der Waals surface area contributed by atoms with Crippen LogP contribution in [0.4, 0.5) is 10.4 Å². The Hall–Kier alpha value is -1.62. The smallest absolute Gasteiger partial charge is 0.315 e. The van der Waals surface area contributed by atoms with Gasteiger partial charge in [0.2, 0.25) is 5.89 Å². The molecule has 1 N–H and O–H groups in total. The van der Waals surface area contributed by atoms with Gasteiger partial charge in [-0.3, -0.25) is 0 Å². The zero-order chi connectivity index (χ0) is 12.8. The molecule has 0 fully saturated rings. The minimum Gasteiger partial charge on any atom is -0.408 e. The predicted molar refractivity (Wildman–Crippen MR) is 67.3 cm³/mol. The third kappa shape index (κ3) is 3.70. The van der Waals surface area contributed by atoms with Gasteiger partial charge in [-0.05, 0) is 24.1 Å². The summed E-state index contributed by atoms with van der Waals surface area (Å²) in [5.41, 5.74) is 1.05. The van der Waals surface area contributed by atoms with Gasteiger partial charge in [0.25, 0.3) is 0 Å². The number of hydrogen-bond donors (Lipinski definition) is 1. The van der Waals surface area contributed by atoms with E-state index in [4.69, 9.17) is 16.0 Å². The van der Waals surface area contributed by atoms with Crippen LogP contribution in [-0.2, 0) is 12.8 Å². The molecule has 1 aromatic heterocycles. The molecule has 2 aromatic rings. The molecule has 96 valence electrons. The molecule has 0 atom stereocenters. The second kappa shape index (κ2) is 6.35. The molecule has 6 heteroatoms. The summed E-state index contributed by atoms with van der Waals surface area (Å²) in [5, 5.41) is 10.7. The summed E-state index contributed by atoms with van der Waals surface area (Å²) in [7, 11) is 0. The molecule has 2 rings (SSSR count).